The first kappa shape index (κ1) is 16.3. The SMILES string of the molecule is COC(=O)Nc1cccc(NC(=O)NC(C)c2ccncc2)c1. The van der Waals surface area contributed by atoms with Crippen LogP contribution in [0.5, 0.6) is 0 Å². The van der Waals surface area contributed by atoms with Crippen LogP contribution in [0.25, 0.3) is 0 Å². The molecule has 0 aliphatic rings. The van der Waals surface area contributed by atoms with Crippen LogP contribution in [0.4, 0.5) is 21.0 Å². The molecule has 1 aromatic heterocycles. The Kier molecular flexibility index (Phi) is 5.51. The summed E-state index contributed by atoms with van der Waals surface area (Å²) in [6.45, 7) is 1.88. The third kappa shape index (κ3) is 4.99. The van der Waals surface area contributed by atoms with Gasteiger partial charge >= 0.3 is 12.1 Å². The van der Waals surface area contributed by atoms with Gasteiger partial charge in [0.1, 0.15) is 0 Å². The summed E-state index contributed by atoms with van der Waals surface area (Å²) >= 11 is 0. The zero-order chi connectivity index (χ0) is 16.7. The van der Waals surface area contributed by atoms with E-state index in [1.54, 1.807) is 36.7 Å². The molecule has 1 heterocycles. The smallest absolute Gasteiger partial charge is 0.411 e. The summed E-state index contributed by atoms with van der Waals surface area (Å²) in [6.07, 6.45) is 2.78. The number of nitrogens with zero attached hydrogens (tertiary/aromatic N) is 1. The molecule has 0 saturated heterocycles. The maximum Gasteiger partial charge on any atom is 0.411 e. The number of benzene rings is 1. The number of pyridine rings is 1. The van der Waals surface area contributed by atoms with Gasteiger partial charge in [-0.15, -0.1) is 0 Å². The van der Waals surface area contributed by atoms with E-state index in [1.165, 1.54) is 7.11 Å². The van der Waals surface area contributed by atoms with Gasteiger partial charge in [-0.25, -0.2) is 9.59 Å². The molecule has 0 aliphatic heterocycles. The summed E-state index contributed by atoms with van der Waals surface area (Å²) in [6, 6.07) is 9.94. The van der Waals surface area contributed by atoms with Crippen molar-refractivity contribution in [1.82, 2.24) is 10.3 Å². The molecule has 0 aliphatic carbocycles. The minimum absolute atomic E-state index is 0.158. The van der Waals surface area contributed by atoms with Crippen molar-refractivity contribution in [2.75, 3.05) is 17.7 Å². The van der Waals surface area contributed by atoms with Crippen molar-refractivity contribution in [3.8, 4) is 0 Å². The Labute approximate surface area is 134 Å². The molecule has 0 saturated carbocycles. The van der Waals surface area contributed by atoms with E-state index in [4.69, 9.17) is 0 Å². The first-order valence-corrected chi connectivity index (χ1v) is 7.01. The Bertz CT molecular complexity index is 676. The van der Waals surface area contributed by atoms with Crippen LogP contribution in [0.2, 0.25) is 0 Å². The predicted octanol–water partition coefficient (Wildman–Crippen LogP) is 3.14. The van der Waals surface area contributed by atoms with Gasteiger partial charge in [0.2, 0.25) is 0 Å². The molecule has 0 fully saturated rings. The van der Waals surface area contributed by atoms with Crippen LogP contribution in [0.1, 0.15) is 18.5 Å². The van der Waals surface area contributed by atoms with E-state index in [0.29, 0.717) is 11.4 Å². The van der Waals surface area contributed by atoms with Crippen LogP contribution < -0.4 is 16.0 Å². The van der Waals surface area contributed by atoms with Crippen molar-refractivity contribution in [2.45, 2.75) is 13.0 Å². The summed E-state index contributed by atoms with van der Waals surface area (Å²) in [5, 5.41) is 8.07. The molecule has 7 nitrogen and oxygen atoms in total. The molecule has 0 bridgehead atoms. The molecule has 0 spiro atoms. The fraction of sp³-hybridized carbons (Fsp3) is 0.188. The quantitative estimate of drug-likeness (QED) is 0.808. The molecular weight excluding hydrogens is 296 g/mol. The third-order valence-electron chi connectivity index (χ3n) is 3.11. The number of anilines is 2. The highest BCUT2D eigenvalue weighted by molar-refractivity contribution is 5.91. The molecule has 1 unspecified atom stereocenters. The van der Waals surface area contributed by atoms with E-state index < -0.39 is 6.09 Å². The minimum atomic E-state index is -0.571. The Morgan fingerprint density at radius 1 is 1.09 bits per heavy atom. The monoisotopic (exact) mass is 314 g/mol. The Balaban J connectivity index is 1.95. The maximum absolute atomic E-state index is 12.0. The lowest BCUT2D eigenvalue weighted by atomic mass is 10.1. The van der Waals surface area contributed by atoms with Gasteiger partial charge in [0.25, 0.3) is 0 Å². The Morgan fingerprint density at radius 3 is 2.39 bits per heavy atom. The first-order chi connectivity index (χ1) is 11.1. The zero-order valence-electron chi connectivity index (χ0n) is 12.9. The van der Waals surface area contributed by atoms with Gasteiger partial charge in [0, 0.05) is 23.8 Å². The van der Waals surface area contributed by atoms with Crippen LogP contribution >= 0.6 is 0 Å². The molecule has 2 aromatic rings. The molecule has 0 radical (unpaired) electrons. The number of nitrogens with one attached hydrogen (secondary N) is 3. The highest BCUT2D eigenvalue weighted by Crippen LogP contribution is 2.16. The van der Waals surface area contributed by atoms with Crippen molar-refractivity contribution in [3.63, 3.8) is 0 Å². The maximum atomic E-state index is 12.0. The number of hydrogen-bond acceptors (Lipinski definition) is 4. The van der Waals surface area contributed by atoms with Gasteiger partial charge in [-0.2, -0.15) is 0 Å². The molecule has 23 heavy (non-hydrogen) atoms. The number of aromatic nitrogens is 1. The van der Waals surface area contributed by atoms with Gasteiger partial charge in [-0.1, -0.05) is 6.07 Å². The topological polar surface area (TPSA) is 92.4 Å². The van der Waals surface area contributed by atoms with Gasteiger partial charge < -0.3 is 15.4 Å². The molecule has 3 N–H and O–H groups in total. The summed E-state index contributed by atoms with van der Waals surface area (Å²) in [4.78, 5) is 27.2. The van der Waals surface area contributed by atoms with Gasteiger partial charge in [0.05, 0.1) is 13.2 Å². The average Bonchev–Trinajstić information content (AvgIpc) is 2.55. The molecule has 1 aromatic carbocycles. The summed E-state index contributed by atoms with van der Waals surface area (Å²) in [5.41, 5.74) is 2.03. The standard InChI is InChI=1S/C16H18N4O3/c1-11(12-6-8-17-9-7-12)18-15(21)19-13-4-3-5-14(10-13)20-16(22)23-2/h3-11H,1-2H3,(H,20,22)(H2,18,19,21). The van der Waals surface area contributed by atoms with Crippen molar-refractivity contribution >= 4 is 23.5 Å². The normalized spacial score (nSPS) is 11.2. The Hall–Kier alpha value is -3.09. The van der Waals surface area contributed by atoms with Gasteiger partial charge in [-0.05, 0) is 42.8 Å². The van der Waals surface area contributed by atoms with E-state index >= 15 is 0 Å². The summed E-state index contributed by atoms with van der Waals surface area (Å²) < 4.78 is 4.52. The van der Waals surface area contributed by atoms with E-state index in [1.807, 2.05) is 19.1 Å². The van der Waals surface area contributed by atoms with Gasteiger partial charge in [0.15, 0.2) is 0 Å². The number of ether oxygens (including phenoxy) is 1. The summed E-state index contributed by atoms with van der Waals surface area (Å²) in [7, 11) is 1.28. The zero-order valence-corrected chi connectivity index (χ0v) is 12.9. The molecule has 3 amide bonds. The molecule has 2 rings (SSSR count). The molecule has 120 valence electrons. The number of urea groups is 1. The van der Waals surface area contributed by atoms with Crippen molar-refractivity contribution in [2.24, 2.45) is 0 Å². The van der Waals surface area contributed by atoms with Crippen LogP contribution in [0.15, 0.2) is 48.8 Å². The highest BCUT2D eigenvalue weighted by Gasteiger charge is 2.09. The molecule has 1 atom stereocenters. The largest absolute Gasteiger partial charge is 0.453 e. The second-order valence-corrected chi connectivity index (χ2v) is 4.80. The van der Waals surface area contributed by atoms with E-state index in [0.717, 1.165) is 5.56 Å². The van der Waals surface area contributed by atoms with Crippen molar-refractivity contribution in [1.29, 1.82) is 0 Å². The second-order valence-electron chi connectivity index (χ2n) is 4.80. The number of hydrogen-bond donors (Lipinski definition) is 3. The van der Waals surface area contributed by atoms with Crippen LogP contribution in [0, 0.1) is 0 Å². The fourth-order valence-corrected chi connectivity index (χ4v) is 1.94. The van der Waals surface area contributed by atoms with Crippen LogP contribution in [0.3, 0.4) is 0 Å². The lowest BCUT2D eigenvalue weighted by Gasteiger charge is -2.15. The predicted molar refractivity (Wildman–Crippen MR) is 87.3 cm³/mol. The van der Waals surface area contributed by atoms with Crippen molar-refractivity contribution in [3.05, 3.63) is 54.4 Å². The lowest BCUT2D eigenvalue weighted by Crippen LogP contribution is -2.31. The number of methoxy groups -OCH3 is 1. The van der Waals surface area contributed by atoms with E-state index in [2.05, 4.69) is 25.7 Å². The highest BCUT2D eigenvalue weighted by atomic mass is 16.5. The second kappa shape index (κ2) is 7.79. The number of rotatable bonds is 4. The van der Waals surface area contributed by atoms with E-state index in [9.17, 15) is 9.59 Å². The molecule has 7 heteroatoms. The van der Waals surface area contributed by atoms with Gasteiger partial charge in [-0.3, -0.25) is 10.3 Å². The number of amides is 3. The average molecular weight is 314 g/mol. The molecular formula is C16H18N4O3. The van der Waals surface area contributed by atoms with Crippen LogP contribution in [-0.4, -0.2) is 24.2 Å². The fourth-order valence-electron chi connectivity index (χ4n) is 1.94. The first-order valence-electron chi connectivity index (χ1n) is 7.01. The van der Waals surface area contributed by atoms with Crippen LogP contribution in [-0.2, 0) is 4.74 Å². The van der Waals surface area contributed by atoms with E-state index in [-0.39, 0.29) is 12.1 Å². The Morgan fingerprint density at radius 2 is 1.74 bits per heavy atom. The summed E-state index contributed by atoms with van der Waals surface area (Å²) in [5.74, 6) is 0. The minimum Gasteiger partial charge on any atom is -0.453 e. The lowest BCUT2D eigenvalue weighted by molar-refractivity contribution is 0.187. The number of carbonyl (C=O) groups excluding carboxylic acids is 2. The third-order valence-corrected chi connectivity index (χ3v) is 3.11. The number of carbonyl (C=O) groups is 2. The van der Waals surface area contributed by atoms with Crippen molar-refractivity contribution < 1.29 is 14.3 Å².